The summed E-state index contributed by atoms with van der Waals surface area (Å²) in [7, 11) is 6.48. The lowest BCUT2D eigenvalue weighted by atomic mass is 9.97. The van der Waals surface area contributed by atoms with Crippen molar-refractivity contribution in [1.82, 2.24) is 9.80 Å². The van der Waals surface area contributed by atoms with Crippen molar-refractivity contribution >= 4 is 0 Å². The monoisotopic (exact) mass is 294 g/mol. The van der Waals surface area contributed by atoms with E-state index in [-0.39, 0.29) is 0 Å². The van der Waals surface area contributed by atoms with E-state index < -0.39 is 0 Å². The molecule has 0 radical (unpaired) electrons. The van der Waals surface area contributed by atoms with Gasteiger partial charge in [0.25, 0.3) is 0 Å². The fourth-order valence-electron chi connectivity index (χ4n) is 3.44. The molecule has 1 aliphatic rings. The summed E-state index contributed by atoms with van der Waals surface area (Å²) in [5, 5.41) is 0. The summed E-state index contributed by atoms with van der Waals surface area (Å²) in [5.41, 5.74) is 8.88. The predicted octanol–water partition coefficient (Wildman–Crippen LogP) is 3.77. The third kappa shape index (κ3) is 2.81. The number of rotatable bonds is 5. The fourth-order valence-corrected chi connectivity index (χ4v) is 3.44. The van der Waals surface area contributed by atoms with Crippen LogP contribution in [0, 0.1) is 0 Å². The average molecular weight is 294 g/mol. The van der Waals surface area contributed by atoms with E-state index in [1.165, 1.54) is 33.4 Å². The van der Waals surface area contributed by atoms with E-state index in [4.69, 9.17) is 0 Å². The fraction of sp³-hybridized carbons (Fsp3) is 0.400. The van der Waals surface area contributed by atoms with Crippen LogP contribution in [0.1, 0.15) is 29.2 Å². The molecule has 0 heterocycles. The SMILES string of the molecule is CCN(C)Cc1cccc2c1-c1cccc(CN(C)C)c1C2. The summed E-state index contributed by atoms with van der Waals surface area (Å²) in [4.78, 5) is 4.63. The third-order valence-corrected chi connectivity index (χ3v) is 4.61. The summed E-state index contributed by atoms with van der Waals surface area (Å²) in [6.45, 7) is 5.34. The molecule has 0 saturated heterocycles. The minimum Gasteiger partial charge on any atom is -0.305 e. The van der Waals surface area contributed by atoms with Gasteiger partial charge in [-0.3, -0.25) is 0 Å². The molecule has 2 aromatic carbocycles. The van der Waals surface area contributed by atoms with E-state index in [2.05, 4.69) is 74.3 Å². The minimum absolute atomic E-state index is 1.02. The molecule has 0 atom stereocenters. The molecule has 0 fully saturated rings. The van der Waals surface area contributed by atoms with Crippen LogP contribution in [0.15, 0.2) is 36.4 Å². The molecule has 0 N–H and O–H groups in total. The van der Waals surface area contributed by atoms with Crippen LogP contribution in [-0.4, -0.2) is 37.5 Å². The lowest BCUT2D eigenvalue weighted by Crippen LogP contribution is -2.17. The normalized spacial score (nSPS) is 12.8. The van der Waals surface area contributed by atoms with Gasteiger partial charge in [-0.25, -0.2) is 0 Å². The quantitative estimate of drug-likeness (QED) is 0.707. The first-order valence-corrected chi connectivity index (χ1v) is 8.15. The van der Waals surface area contributed by atoms with E-state index in [1.54, 1.807) is 0 Å². The van der Waals surface area contributed by atoms with Gasteiger partial charge < -0.3 is 9.80 Å². The van der Waals surface area contributed by atoms with Gasteiger partial charge in [0, 0.05) is 13.1 Å². The Balaban J connectivity index is 2.05. The molecule has 2 heteroatoms. The number of fused-ring (bicyclic) bond motifs is 3. The molecule has 2 nitrogen and oxygen atoms in total. The third-order valence-electron chi connectivity index (χ3n) is 4.61. The maximum absolute atomic E-state index is 2.37. The van der Waals surface area contributed by atoms with E-state index in [9.17, 15) is 0 Å². The first-order valence-electron chi connectivity index (χ1n) is 8.15. The highest BCUT2D eigenvalue weighted by atomic mass is 15.1. The molecule has 0 aliphatic heterocycles. The van der Waals surface area contributed by atoms with Gasteiger partial charge in [0.05, 0.1) is 0 Å². The average Bonchev–Trinajstić information content (AvgIpc) is 2.87. The van der Waals surface area contributed by atoms with Crippen LogP contribution >= 0.6 is 0 Å². The van der Waals surface area contributed by atoms with E-state index >= 15 is 0 Å². The lowest BCUT2D eigenvalue weighted by Gasteiger charge is -2.17. The Kier molecular flexibility index (Phi) is 4.32. The second-order valence-corrected chi connectivity index (χ2v) is 6.64. The number of hydrogen-bond donors (Lipinski definition) is 0. The molecule has 0 saturated carbocycles. The Hall–Kier alpha value is -1.64. The zero-order valence-electron chi connectivity index (χ0n) is 14.2. The minimum atomic E-state index is 1.02. The van der Waals surface area contributed by atoms with Crippen molar-refractivity contribution in [2.75, 3.05) is 27.7 Å². The van der Waals surface area contributed by atoms with Gasteiger partial charge in [0.2, 0.25) is 0 Å². The molecule has 22 heavy (non-hydrogen) atoms. The molecule has 0 spiro atoms. The van der Waals surface area contributed by atoms with Crippen molar-refractivity contribution < 1.29 is 0 Å². The molecule has 0 aromatic heterocycles. The topological polar surface area (TPSA) is 6.48 Å². The van der Waals surface area contributed by atoms with Gasteiger partial charge in [-0.05, 0) is 67.5 Å². The number of nitrogens with zero attached hydrogens (tertiary/aromatic N) is 2. The van der Waals surface area contributed by atoms with Gasteiger partial charge in [-0.15, -0.1) is 0 Å². The predicted molar refractivity (Wildman–Crippen MR) is 94.1 cm³/mol. The summed E-state index contributed by atoms with van der Waals surface area (Å²) < 4.78 is 0. The van der Waals surface area contributed by atoms with Crippen LogP contribution in [0.5, 0.6) is 0 Å². The van der Waals surface area contributed by atoms with E-state index in [0.717, 1.165) is 26.1 Å². The largest absolute Gasteiger partial charge is 0.305 e. The Morgan fingerprint density at radius 3 is 2.36 bits per heavy atom. The van der Waals surface area contributed by atoms with Gasteiger partial charge >= 0.3 is 0 Å². The van der Waals surface area contributed by atoms with Crippen LogP contribution in [-0.2, 0) is 19.5 Å². The van der Waals surface area contributed by atoms with Crippen molar-refractivity contribution in [3.05, 3.63) is 58.7 Å². The lowest BCUT2D eigenvalue weighted by molar-refractivity contribution is 0.346. The zero-order chi connectivity index (χ0) is 15.7. The Morgan fingerprint density at radius 2 is 1.64 bits per heavy atom. The second kappa shape index (κ2) is 6.23. The van der Waals surface area contributed by atoms with Crippen LogP contribution in [0.3, 0.4) is 0 Å². The molecule has 3 rings (SSSR count). The molecule has 0 unspecified atom stereocenters. The van der Waals surface area contributed by atoms with Gasteiger partial charge in [0.15, 0.2) is 0 Å². The molecule has 0 bridgehead atoms. The first kappa shape index (κ1) is 15.3. The molecular weight excluding hydrogens is 268 g/mol. The first-order chi connectivity index (χ1) is 10.6. The van der Waals surface area contributed by atoms with Crippen molar-refractivity contribution in [2.45, 2.75) is 26.4 Å². The van der Waals surface area contributed by atoms with Crippen molar-refractivity contribution in [1.29, 1.82) is 0 Å². The van der Waals surface area contributed by atoms with E-state index in [1.807, 2.05) is 0 Å². The molecular formula is C20H26N2. The van der Waals surface area contributed by atoms with E-state index in [0.29, 0.717) is 0 Å². The zero-order valence-corrected chi connectivity index (χ0v) is 14.2. The Bertz CT molecular complexity index is 673. The van der Waals surface area contributed by atoms with Crippen LogP contribution in [0.2, 0.25) is 0 Å². The molecule has 1 aliphatic carbocycles. The van der Waals surface area contributed by atoms with Crippen LogP contribution in [0.25, 0.3) is 11.1 Å². The highest BCUT2D eigenvalue weighted by molar-refractivity contribution is 5.80. The summed E-state index contributed by atoms with van der Waals surface area (Å²) in [5.74, 6) is 0. The van der Waals surface area contributed by atoms with Crippen LogP contribution < -0.4 is 0 Å². The molecule has 116 valence electrons. The maximum Gasteiger partial charge on any atom is 0.0236 e. The number of benzene rings is 2. The molecule has 2 aromatic rings. The number of hydrogen-bond acceptors (Lipinski definition) is 2. The van der Waals surface area contributed by atoms with Gasteiger partial charge in [-0.1, -0.05) is 43.3 Å². The summed E-state index contributed by atoms with van der Waals surface area (Å²) in [6.07, 6.45) is 1.08. The standard InChI is InChI=1S/C20H26N2/c1-5-22(4)14-17-10-6-8-15-12-19-16(13-21(2)3)9-7-11-18(19)20(15)17/h6-11H,5,12-14H2,1-4H3. The Morgan fingerprint density at radius 1 is 0.909 bits per heavy atom. The summed E-state index contributed by atoms with van der Waals surface area (Å²) >= 11 is 0. The highest BCUT2D eigenvalue weighted by Gasteiger charge is 2.23. The highest BCUT2D eigenvalue weighted by Crippen LogP contribution is 2.41. The van der Waals surface area contributed by atoms with Crippen LogP contribution in [0.4, 0.5) is 0 Å². The van der Waals surface area contributed by atoms with Gasteiger partial charge in [0.1, 0.15) is 0 Å². The smallest absolute Gasteiger partial charge is 0.0236 e. The maximum atomic E-state index is 2.37. The summed E-state index contributed by atoms with van der Waals surface area (Å²) in [6, 6.07) is 13.6. The van der Waals surface area contributed by atoms with Gasteiger partial charge in [-0.2, -0.15) is 0 Å². The van der Waals surface area contributed by atoms with Crippen molar-refractivity contribution in [3.8, 4) is 11.1 Å². The van der Waals surface area contributed by atoms with Crippen molar-refractivity contribution in [3.63, 3.8) is 0 Å². The molecule has 0 amide bonds. The van der Waals surface area contributed by atoms with Crippen molar-refractivity contribution in [2.24, 2.45) is 0 Å². The Labute approximate surface area is 134 Å². The second-order valence-electron chi connectivity index (χ2n) is 6.64.